The lowest BCUT2D eigenvalue weighted by Crippen LogP contribution is -2.23. The third kappa shape index (κ3) is 3.97. The Morgan fingerprint density at radius 3 is 2.23 bits per heavy atom. The Kier molecular flexibility index (Phi) is 5.36. The van der Waals surface area contributed by atoms with Gasteiger partial charge in [-0.15, -0.1) is 0 Å². The number of hydrogen-bond acceptors (Lipinski definition) is 4. The number of ether oxygens (including phenoxy) is 1. The number of anilines is 1. The monoisotopic (exact) mass is 300 g/mol. The minimum atomic E-state index is -0.378. The zero-order chi connectivity index (χ0) is 15.9. The van der Waals surface area contributed by atoms with Gasteiger partial charge in [-0.25, -0.2) is 0 Å². The van der Waals surface area contributed by atoms with Gasteiger partial charge in [0.25, 0.3) is 5.69 Å². The number of nitro groups is 1. The van der Waals surface area contributed by atoms with Crippen molar-refractivity contribution in [3.8, 4) is 5.75 Å². The zero-order valence-electron chi connectivity index (χ0n) is 12.9. The molecule has 2 aromatic carbocycles. The summed E-state index contributed by atoms with van der Waals surface area (Å²) in [5.74, 6) is 0.829. The Morgan fingerprint density at radius 1 is 1.09 bits per heavy atom. The predicted molar refractivity (Wildman–Crippen MR) is 87.4 cm³/mol. The van der Waals surface area contributed by atoms with Gasteiger partial charge < -0.3 is 9.64 Å². The summed E-state index contributed by atoms with van der Waals surface area (Å²) in [5, 5.41) is 10.7. The Morgan fingerprint density at radius 2 is 1.73 bits per heavy atom. The summed E-state index contributed by atoms with van der Waals surface area (Å²) in [6.07, 6.45) is 1.03. The Hall–Kier alpha value is -2.56. The van der Waals surface area contributed by atoms with Crippen LogP contribution in [0.1, 0.15) is 18.9 Å². The first-order valence-electron chi connectivity index (χ1n) is 7.26. The Bertz CT molecular complexity index is 609. The van der Waals surface area contributed by atoms with Gasteiger partial charge in [-0.1, -0.05) is 19.1 Å². The van der Waals surface area contributed by atoms with Crippen LogP contribution >= 0.6 is 0 Å². The van der Waals surface area contributed by atoms with Crippen LogP contribution in [0.25, 0.3) is 0 Å². The fraction of sp³-hybridized carbons (Fsp3) is 0.294. The average molecular weight is 300 g/mol. The number of non-ortho nitro benzene ring substituents is 1. The largest absolute Gasteiger partial charge is 0.497 e. The van der Waals surface area contributed by atoms with E-state index >= 15 is 0 Å². The molecule has 2 aromatic rings. The van der Waals surface area contributed by atoms with Gasteiger partial charge in [0.1, 0.15) is 5.75 Å². The molecule has 0 saturated carbocycles. The van der Waals surface area contributed by atoms with Gasteiger partial charge in [0.15, 0.2) is 0 Å². The Labute approximate surface area is 130 Å². The fourth-order valence-electron chi connectivity index (χ4n) is 2.31. The first-order valence-corrected chi connectivity index (χ1v) is 7.26. The topological polar surface area (TPSA) is 55.6 Å². The van der Waals surface area contributed by atoms with Crippen LogP contribution in [0.2, 0.25) is 0 Å². The van der Waals surface area contributed by atoms with E-state index in [-0.39, 0.29) is 10.6 Å². The van der Waals surface area contributed by atoms with E-state index in [9.17, 15) is 10.1 Å². The Balaban J connectivity index is 2.15. The molecular formula is C17H20N2O3. The van der Waals surface area contributed by atoms with Gasteiger partial charge in [-0.05, 0) is 36.2 Å². The molecule has 0 aliphatic carbocycles. The van der Waals surface area contributed by atoms with E-state index in [0.29, 0.717) is 0 Å². The molecule has 0 fully saturated rings. The van der Waals surface area contributed by atoms with Crippen molar-refractivity contribution in [3.63, 3.8) is 0 Å². The normalized spacial score (nSPS) is 10.3. The van der Waals surface area contributed by atoms with E-state index in [1.807, 2.05) is 36.4 Å². The molecule has 0 amide bonds. The third-order valence-electron chi connectivity index (χ3n) is 3.45. The lowest BCUT2D eigenvalue weighted by atomic mass is 10.1. The molecule has 2 rings (SSSR count). The standard InChI is InChI=1S/C17H20N2O3/c1-3-12-18(15-8-10-17(22-2)11-9-15)13-14-4-6-16(7-5-14)19(20)21/h4-11H,3,12-13H2,1-2H3. The molecule has 0 spiro atoms. The molecule has 0 aliphatic rings. The molecule has 0 radical (unpaired) electrons. The summed E-state index contributed by atoms with van der Waals surface area (Å²) < 4.78 is 5.18. The number of nitrogens with zero attached hydrogens (tertiary/aromatic N) is 2. The predicted octanol–water partition coefficient (Wildman–Crippen LogP) is 4.02. The molecule has 0 atom stereocenters. The summed E-state index contributed by atoms with van der Waals surface area (Å²) in [5.41, 5.74) is 2.28. The minimum Gasteiger partial charge on any atom is -0.497 e. The third-order valence-corrected chi connectivity index (χ3v) is 3.45. The maximum Gasteiger partial charge on any atom is 0.269 e. The molecule has 0 saturated heterocycles. The molecular weight excluding hydrogens is 280 g/mol. The number of methoxy groups -OCH3 is 1. The summed E-state index contributed by atoms with van der Waals surface area (Å²) in [6, 6.07) is 14.6. The lowest BCUT2D eigenvalue weighted by molar-refractivity contribution is -0.384. The first-order chi connectivity index (χ1) is 10.6. The summed E-state index contributed by atoms with van der Waals surface area (Å²) in [4.78, 5) is 12.6. The second-order valence-electron chi connectivity index (χ2n) is 5.04. The summed E-state index contributed by atoms with van der Waals surface area (Å²) in [6.45, 7) is 3.77. The van der Waals surface area contributed by atoms with Crippen molar-refractivity contribution in [2.45, 2.75) is 19.9 Å². The van der Waals surface area contributed by atoms with Gasteiger partial charge in [0, 0.05) is 30.9 Å². The van der Waals surface area contributed by atoms with Crippen molar-refractivity contribution < 1.29 is 9.66 Å². The van der Waals surface area contributed by atoms with E-state index in [1.165, 1.54) is 0 Å². The zero-order valence-corrected chi connectivity index (χ0v) is 12.9. The van der Waals surface area contributed by atoms with Crippen LogP contribution in [-0.4, -0.2) is 18.6 Å². The second kappa shape index (κ2) is 7.45. The molecule has 0 heterocycles. The van der Waals surface area contributed by atoms with Crippen molar-refractivity contribution in [2.75, 3.05) is 18.6 Å². The van der Waals surface area contributed by atoms with Crippen LogP contribution in [0.4, 0.5) is 11.4 Å². The van der Waals surface area contributed by atoms with Gasteiger partial charge in [0.2, 0.25) is 0 Å². The highest BCUT2D eigenvalue weighted by Gasteiger charge is 2.09. The van der Waals surface area contributed by atoms with Gasteiger partial charge >= 0.3 is 0 Å². The number of rotatable bonds is 7. The molecule has 0 N–H and O–H groups in total. The van der Waals surface area contributed by atoms with Crippen molar-refractivity contribution in [1.29, 1.82) is 0 Å². The molecule has 116 valence electrons. The molecule has 5 nitrogen and oxygen atoms in total. The van der Waals surface area contributed by atoms with Crippen LogP contribution in [0.15, 0.2) is 48.5 Å². The maximum atomic E-state index is 10.7. The second-order valence-corrected chi connectivity index (χ2v) is 5.04. The van der Waals surface area contributed by atoms with Gasteiger partial charge in [-0.2, -0.15) is 0 Å². The smallest absolute Gasteiger partial charge is 0.269 e. The highest BCUT2D eigenvalue weighted by Crippen LogP contribution is 2.22. The molecule has 0 aromatic heterocycles. The highest BCUT2D eigenvalue weighted by molar-refractivity contribution is 5.50. The average Bonchev–Trinajstić information content (AvgIpc) is 2.55. The van der Waals surface area contributed by atoms with Crippen LogP contribution < -0.4 is 9.64 Å². The van der Waals surface area contributed by atoms with Crippen molar-refractivity contribution >= 4 is 11.4 Å². The van der Waals surface area contributed by atoms with Crippen molar-refractivity contribution in [3.05, 3.63) is 64.2 Å². The number of hydrogen-bond donors (Lipinski definition) is 0. The molecule has 22 heavy (non-hydrogen) atoms. The molecule has 0 aliphatic heterocycles. The number of nitro benzene ring substituents is 1. The number of benzene rings is 2. The van der Waals surface area contributed by atoms with Crippen molar-refractivity contribution in [2.24, 2.45) is 0 Å². The van der Waals surface area contributed by atoms with E-state index in [0.717, 1.165) is 36.5 Å². The maximum absolute atomic E-state index is 10.7. The fourth-order valence-corrected chi connectivity index (χ4v) is 2.31. The van der Waals surface area contributed by atoms with E-state index in [1.54, 1.807) is 19.2 Å². The van der Waals surface area contributed by atoms with E-state index in [2.05, 4.69) is 11.8 Å². The van der Waals surface area contributed by atoms with Crippen LogP contribution in [0, 0.1) is 10.1 Å². The summed E-state index contributed by atoms with van der Waals surface area (Å²) >= 11 is 0. The summed E-state index contributed by atoms with van der Waals surface area (Å²) in [7, 11) is 1.65. The lowest BCUT2D eigenvalue weighted by Gasteiger charge is -2.24. The molecule has 0 bridgehead atoms. The van der Waals surface area contributed by atoms with E-state index in [4.69, 9.17) is 4.74 Å². The highest BCUT2D eigenvalue weighted by atomic mass is 16.6. The van der Waals surface area contributed by atoms with E-state index < -0.39 is 0 Å². The van der Waals surface area contributed by atoms with Crippen LogP contribution in [0.5, 0.6) is 5.75 Å². The van der Waals surface area contributed by atoms with Gasteiger partial charge in [0.05, 0.1) is 12.0 Å². The molecule has 5 heteroatoms. The minimum absolute atomic E-state index is 0.121. The van der Waals surface area contributed by atoms with Crippen LogP contribution in [0.3, 0.4) is 0 Å². The first kappa shape index (κ1) is 15.8. The van der Waals surface area contributed by atoms with Gasteiger partial charge in [-0.3, -0.25) is 10.1 Å². The molecule has 0 unspecified atom stereocenters. The van der Waals surface area contributed by atoms with Crippen LogP contribution in [-0.2, 0) is 6.54 Å². The quantitative estimate of drug-likeness (QED) is 0.572. The van der Waals surface area contributed by atoms with Crippen molar-refractivity contribution in [1.82, 2.24) is 0 Å². The SMILES string of the molecule is CCCN(Cc1ccc([N+](=O)[O-])cc1)c1ccc(OC)cc1.